The highest BCUT2D eigenvalue weighted by molar-refractivity contribution is 6.30. The highest BCUT2D eigenvalue weighted by Crippen LogP contribution is 2.44. The third-order valence-corrected chi connectivity index (χ3v) is 4.04. The number of rotatable bonds is 3. The van der Waals surface area contributed by atoms with Crippen LogP contribution in [0.5, 0.6) is 0 Å². The van der Waals surface area contributed by atoms with Crippen molar-refractivity contribution in [3.8, 4) is 0 Å². The van der Waals surface area contributed by atoms with Crippen molar-refractivity contribution in [3.63, 3.8) is 0 Å². The predicted octanol–water partition coefficient (Wildman–Crippen LogP) is 3.64. The highest BCUT2D eigenvalue weighted by Gasteiger charge is 2.43. The summed E-state index contributed by atoms with van der Waals surface area (Å²) >= 11 is 5.92. The Hall–Kier alpha value is -1.06. The molecular formula is C15H19ClO3. The monoisotopic (exact) mass is 282 g/mol. The Bertz CT molecular complexity index is 467. The maximum Gasteiger partial charge on any atom is 0.304 e. The SMILES string of the molecule is CC1(C)C[C@](CC(=O)O)(c2ccc(Cl)cc2)CCO1. The summed E-state index contributed by atoms with van der Waals surface area (Å²) in [5.74, 6) is -0.771. The number of carboxylic acid groups (broad SMARTS) is 1. The maximum absolute atomic E-state index is 11.3. The minimum Gasteiger partial charge on any atom is -0.481 e. The van der Waals surface area contributed by atoms with Crippen LogP contribution in [0.1, 0.15) is 38.7 Å². The number of carbonyl (C=O) groups is 1. The van der Waals surface area contributed by atoms with E-state index >= 15 is 0 Å². The summed E-state index contributed by atoms with van der Waals surface area (Å²) in [6, 6.07) is 7.52. The second kappa shape index (κ2) is 5.14. The van der Waals surface area contributed by atoms with Crippen LogP contribution in [0.4, 0.5) is 0 Å². The number of aliphatic carboxylic acids is 1. The summed E-state index contributed by atoms with van der Waals surface area (Å²) in [7, 11) is 0. The first kappa shape index (κ1) is 14.4. The number of hydrogen-bond acceptors (Lipinski definition) is 2. The molecule has 1 saturated heterocycles. The third kappa shape index (κ3) is 3.28. The first-order valence-electron chi connectivity index (χ1n) is 6.45. The average molecular weight is 283 g/mol. The fourth-order valence-electron chi connectivity index (χ4n) is 3.07. The van der Waals surface area contributed by atoms with E-state index < -0.39 is 5.97 Å². The van der Waals surface area contributed by atoms with Gasteiger partial charge in [-0.3, -0.25) is 4.79 Å². The van der Waals surface area contributed by atoms with Gasteiger partial charge in [0, 0.05) is 17.0 Å². The molecule has 1 atom stereocenters. The molecule has 4 heteroatoms. The molecule has 104 valence electrons. The molecule has 0 saturated carbocycles. The molecule has 1 aliphatic rings. The second-order valence-electron chi connectivity index (χ2n) is 5.89. The zero-order chi connectivity index (χ0) is 14.1. The minimum atomic E-state index is -0.771. The van der Waals surface area contributed by atoms with Crippen LogP contribution in [-0.2, 0) is 14.9 Å². The van der Waals surface area contributed by atoms with Crippen molar-refractivity contribution < 1.29 is 14.6 Å². The Kier molecular flexibility index (Phi) is 3.88. The van der Waals surface area contributed by atoms with Gasteiger partial charge in [-0.05, 0) is 44.4 Å². The van der Waals surface area contributed by atoms with Gasteiger partial charge in [-0.1, -0.05) is 23.7 Å². The molecular weight excluding hydrogens is 264 g/mol. The van der Waals surface area contributed by atoms with Crippen molar-refractivity contribution in [2.24, 2.45) is 0 Å². The smallest absolute Gasteiger partial charge is 0.304 e. The van der Waals surface area contributed by atoms with Gasteiger partial charge in [0.1, 0.15) is 0 Å². The van der Waals surface area contributed by atoms with Gasteiger partial charge in [-0.2, -0.15) is 0 Å². The molecule has 1 aromatic carbocycles. The van der Waals surface area contributed by atoms with Crippen LogP contribution in [0.25, 0.3) is 0 Å². The Morgan fingerprint density at radius 2 is 2.00 bits per heavy atom. The van der Waals surface area contributed by atoms with E-state index in [0.29, 0.717) is 18.1 Å². The Labute approximate surface area is 118 Å². The van der Waals surface area contributed by atoms with Gasteiger partial charge in [-0.15, -0.1) is 0 Å². The lowest BCUT2D eigenvalue weighted by atomic mass is 9.67. The first-order chi connectivity index (χ1) is 8.83. The molecule has 0 unspecified atom stereocenters. The van der Waals surface area contributed by atoms with Crippen LogP contribution in [0.2, 0.25) is 5.02 Å². The molecule has 1 aliphatic heterocycles. The lowest BCUT2D eigenvalue weighted by molar-refractivity contribution is -0.142. The molecule has 3 nitrogen and oxygen atoms in total. The zero-order valence-corrected chi connectivity index (χ0v) is 12.0. The summed E-state index contributed by atoms with van der Waals surface area (Å²) in [6.07, 6.45) is 1.56. The van der Waals surface area contributed by atoms with E-state index in [1.807, 2.05) is 38.1 Å². The van der Waals surface area contributed by atoms with E-state index in [-0.39, 0.29) is 17.4 Å². The fraction of sp³-hybridized carbons (Fsp3) is 0.533. The van der Waals surface area contributed by atoms with Crippen molar-refractivity contribution >= 4 is 17.6 Å². The molecule has 1 fully saturated rings. The third-order valence-electron chi connectivity index (χ3n) is 3.78. The molecule has 0 amide bonds. The normalized spacial score (nSPS) is 26.1. The van der Waals surface area contributed by atoms with Gasteiger partial charge < -0.3 is 9.84 Å². The van der Waals surface area contributed by atoms with Gasteiger partial charge in [0.25, 0.3) is 0 Å². The molecule has 1 aromatic rings. The lowest BCUT2D eigenvalue weighted by Gasteiger charge is -2.44. The number of halogens is 1. The van der Waals surface area contributed by atoms with E-state index in [0.717, 1.165) is 12.0 Å². The summed E-state index contributed by atoms with van der Waals surface area (Å²) in [6.45, 7) is 4.61. The van der Waals surface area contributed by atoms with Crippen LogP contribution >= 0.6 is 11.6 Å². The summed E-state index contributed by atoms with van der Waals surface area (Å²) < 4.78 is 5.73. The molecule has 0 aromatic heterocycles. The maximum atomic E-state index is 11.3. The molecule has 0 bridgehead atoms. The average Bonchev–Trinajstić information content (AvgIpc) is 2.27. The van der Waals surface area contributed by atoms with Crippen molar-refractivity contribution in [2.45, 2.75) is 44.1 Å². The predicted molar refractivity (Wildman–Crippen MR) is 74.6 cm³/mol. The Balaban J connectivity index is 2.39. The summed E-state index contributed by atoms with van der Waals surface area (Å²) in [4.78, 5) is 11.3. The molecule has 0 aliphatic carbocycles. The van der Waals surface area contributed by atoms with Crippen molar-refractivity contribution in [1.29, 1.82) is 0 Å². The first-order valence-corrected chi connectivity index (χ1v) is 6.83. The molecule has 0 spiro atoms. The largest absolute Gasteiger partial charge is 0.481 e. The fourth-order valence-corrected chi connectivity index (χ4v) is 3.20. The molecule has 19 heavy (non-hydrogen) atoms. The second-order valence-corrected chi connectivity index (χ2v) is 6.33. The van der Waals surface area contributed by atoms with E-state index in [9.17, 15) is 9.90 Å². The number of carboxylic acids is 1. The lowest BCUT2D eigenvalue weighted by Crippen LogP contribution is -2.45. The highest BCUT2D eigenvalue weighted by atomic mass is 35.5. The number of hydrogen-bond donors (Lipinski definition) is 1. The van der Waals surface area contributed by atoms with Gasteiger partial charge >= 0.3 is 5.97 Å². The molecule has 1 N–H and O–H groups in total. The van der Waals surface area contributed by atoms with Crippen LogP contribution < -0.4 is 0 Å². The molecule has 1 heterocycles. The van der Waals surface area contributed by atoms with Crippen molar-refractivity contribution in [3.05, 3.63) is 34.9 Å². The summed E-state index contributed by atoms with van der Waals surface area (Å²) in [5, 5.41) is 9.92. The standard InChI is InChI=1S/C15H19ClO3/c1-14(2)10-15(7-8-19-14,9-13(17)18)11-3-5-12(16)6-4-11/h3-6H,7-10H2,1-2H3,(H,17,18)/t15-/m0/s1. The number of benzene rings is 1. The summed E-state index contributed by atoms with van der Waals surface area (Å²) in [5.41, 5.74) is 0.376. The van der Waals surface area contributed by atoms with E-state index in [2.05, 4.69) is 0 Å². The van der Waals surface area contributed by atoms with E-state index in [1.54, 1.807) is 0 Å². The van der Waals surface area contributed by atoms with E-state index in [1.165, 1.54) is 0 Å². The minimum absolute atomic E-state index is 0.126. The Morgan fingerprint density at radius 3 is 2.53 bits per heavy atom. The quantitative estimate of drug-likeness (QED) is 0.921. The van der Waals surface area contributed by atoms with Crippen LogP contribution in [-0.4, -0.2) is 23.3 Å². The molecule has 0 radical (unpaired) electrons. The van der Waals surface area contributed by atoms with Crippen molar-refractivity contribution in [2.75, 3.05) is 6.61 Å². The van der Waals surface area contributed by atoms with Gasteiger partial charge in [-0.25, -0.2) is 0 Å². The topological polar surface area (TPSA) is 46.5 Å². The van der Waals surface area contributed by atoms with E-state index in [4.69, 9.17) is 16.3 Å². The van der Waals surface area contributed by atoms with Crippen LogP contribution in [0.3, 0.4) is 0 Å². The molecule has 2 rings (SSSR count). The van der Waals surface area contributed by atoms with Gasteiger partial charge in [0.15, 0.2) is 0 Å². The number of ether oxygens (including phenoxy) is 1. The van der Waals surface area contributed by atoms with Gasteiger partial charge in [0.2, 0.25) is 0 Å². The zero-order valence-electron chi connectivity index (χ0n) is 11.3. The van der Waals surface area contributed by atoms with Gasteiger partial charge in [0.05, 0.1) is 12.0 Å². The van der Waals surface area contributed by atoms with Crippen molar-refractivity contribution in [1.82, 2.24) is 0 Å². The van der Waals surface area contributed by atoms with Crippen LogP contribution in [0.15, 0.2) is 24.3 Å². The Morgan fingerprint density at radius 1 is 1.37 bits per heavy atom. The van der Waals surface area contributed by atoms with Crippen LogP contribution in [0, 0.1) is 0 Å².